The third-order valence-electron chi connectivity index (χ3n) is 3.40. The second-order valence-electron chi connectivity index (χ2n) is 5.33. The minimum atomic E-state index is -4.47. The Morgan fingerprint density at radius 1 is 1.20 bits per heavy atom. The first-order valence-corrected chi connectivity index (χ1v) is 7.58. The maximum absolute atomic E-state index is 12.8. The van der Waals surface area contributed by atoms with Crippen LogP contribution in [0, 0.1) is 0 Å². The fraction of sp³-hybridized carbons (Fsp3) is 0.294. The van der Waals surface area contributed by atoms with Gasteiger partial charge >= 0.3 is 6.18 Å². The van der Waals surface area contributed by atoms with Crippen molar-refractivity contribution in [3.8, 4) is 11.3 Å². The Labute approximate surface area is 142 Å². The lowest BCUT2D eigenvalue weighted by Gasteiger charge is -2.12. The maximum Gasteiger partial charge on any atom is 0.416 e. The first-order chi connectivity index (χ1) is 11.7. The minimum absolute atomic E-state index is 0.0939. The first kappa shape index (κ1) is 18.6. The summed E-state index contributed by atoms with van der Waals surface area (Å²) in [6.45, 7) is 3.69. The molecule has 8 heteroatoms. The predicted molar refractivity (Wildman–Crippen MR) is 84.8 cm³/mol. The van der Waals surface area contributed by atoms with Crippen LogP contribution in [-0.2, 0) is 11.0 Å². The van der Waals surface area contributed by atoms with Crippen molar-refractivity contribution < 1.29 is 27.2 Å². The monoisotopic (exact) mass is 354 g/mol. The van der Waals surface area contributed by atoms with Crippen LogP contribution in [0.25, 0.3) is 11.3 Å². The largest absolute Gasteiger partial charge is 0.451 e. The van der Waals surface area contributed by atoms with E-state index >= 15 is 0 Å². The molecule has 0 unspecified atom stereocenters. The van der Waals surface area contributed by atoms with E-state index < -0.39 is 23.7 Å². The molecule has 2 rings (SSSR count). The molecule has 134 valence electrons. The fourth-order valence-electron chi connectivity index (χ4n) is 2.12. The summed E-state index contributed by atoms with van der Waals surface area (Å²) in [6, 6.07) is 6.59. The molecule has 25 heavy (non-hydrogen) atoms. The van der Waals surface area contributed by atoms with E-state index in [1.807, 2.05) is 0 Å². The predicted octanol–water partition coefficient (Wildman–Crippen LogP) is 3.22. The summed E-state index contributed by atoms with van der Waals surface area (Å²) in [5, 5.41) is 5.02. The highest BCUT2D eigenvalue weighted by Crippen LogP contribution is 2.32. The van der Waals surface area contributed by atoms with Crippen molar-refractivity contribution in [2.75, 3.05) is 6.54 Å². The van der Waals surface area contributed by atoms with Crippen LogP contribution < -0.4 is 10.6 Å². The average molecular weight is 354 g/mol. The van der Waals surface area contributed by atoms with Crippen molar-refractivity contribution in [3.63, 3.8) is 0 Å². The molecule has 1 heterocycles. The quantitative estimate of drug-likeness (QED) is 0.866. The summed E-state index contributed by atoms with van der Waals surface area (Å²) >= 11 is 0. The van der Waals surface area contributed by atoms with E-state index in [0.717, 1.165) is 12.1 Å². The Hall–Kier alpha value is -2.77. The summed E-state index contributed by atoms with van der Waals surface area (Å²) in [6.07, 6.45) is -4.47. The lowest BCUT2D eigenvalue weighted by Crippen LogP contribution is -2.44. The van der Waals surface area contributed by atoms with E-state index in [9.17, 15) is 22.8 Å². The second-order valence-corrected chi connectivity index (χ2v) is 5.33. The van der Waals surface area contributed by atoms with Gasteiger partial charge in [0.15, 0.2) is 5.76 Å². The highest BCUT2D eigenvalue weighted by molar-refractivity contribution is 5.95. The zero-order valence-electron chi connectivity index (χ0n) is 13.6. The van der Waals surface area contributed by atoms with Gasteiger partial charge in [0, 0.05) is 12.1 Å². The molecule has 2 amide bonds. The van der Waals surface area contributed by atoms with Gasteiger partial charge in [-0.1, -0.05) is 12.1 Å². The fourth-order valence-corrected chi connectivity index (χ4v) is 2.12. The lowest BCUT2D eigenvalue weighted by atomic mass is 10.1. The van der Waals surface area contributed by atoms with Crippen LogP contribution in [-0.4, -0.2) is 24.4 Å². The van der Waals surface area contributed by atoms with Gasteiger partial charge in [-0.2, -0.15) is 13.2 Å². The van der Waals surface area contributed by atoms with Crippen molar-refractivity contribution in [3.05, 3.63) is 47.7 Å². The molecule has 1 aromatic heterocycles. The molecule has 0 saturated carbocycles. The molecular weight excluding hydrogens is 337 g/mol. The third kappa shape index (κ3) is 4.62. The van der Waals surface area contributed by atoms with E-state index in [2.05, 4.69) is 10.6 Å². The van der Waals surface area contributed by atoms with E-state index in [-0.39, 0.29) is 23.0 Å². The van der Waals surface area contributed by atoms with Gasteiger partial charge in [0.1, 0.15) is 11.8 Å². The molecule has 2 aromatic rings. The van der Waals surface area contributed by atoms with Crippen molar-refractivity contribution in [2.45, 2.75) is 26.1 Å². The molecule has 0 aliphatic heterocycles. The number of nitrogens with one attached hydrogen (secondary N) is 2. The zero-order chi connectivity index (χ0) is 18.6. The molecule has 0 fully saturated rings. The number of halogens is 3. The zero-order valence-corrected chi connectivity index (χ0v) is 13.6. The van der Waals surface area contributed by atoms with Gasteiger partial charge < -0.3 is 15.1 Å². The third-order valence-corrected chi connectivity index (χ3v) is 3.40. The number of hydrogen-bond acceptors (Lipinski definition) is 3. The van der Waals surface area contributed by atoms with Crippen molar-refractivity contribution in [1.82, 2.24) is 10.6 Å². The molecule has 0 aliphatic rings. The van der Waals surface area contributed by atoms with Crippen LogP contribution in [0.1, 0.15) is 30.0 Å². The van der Waals surface area contributed by atoms with Gasteiger partial charge in [0.05, 0.1) is 5.56 Å². The van der Waals surface area contributed by atoms with E-state index in [1.165, 1.54) is 31.2 Å². The Morgan fingerprint density at radius 3 is 2.56 bits per heavy atom. The topological polar surface area (TPSA) is 71.3 Å². The Bertz CT molecular complexity index is 768. The summed E-state index contributed by atoms with van der Waals surface area (Å²) in [4.78, 5) is 23.7. The van der Waals surface area contributed by atoms with Crippen LogP contribution in [0.5, 0.6) is 0 Å². The summed E-state index contributed by atoms with van der Waals surface area (Å²) < 4.78 is 43.6. The van der Waals surface area contributed by atoms with Crippen molar-refractivity contribution >= 4 is 11.8 Å². The van der Waals surface area contributed by atoms with E-state index in [1.54, 1.807) is 6.92 Å². The molecule has 1 aromatic carbocycles. The first-order valence-electron chi connectivity index (χ1n) is 7.58. The molecule has 0 aliphatic carbocycles. The van der Waals surface area contributed by atoms with E-state index in [4.69, 9.17) is 4.42 Å². The molecule has 0 bridgehead atoms. The number of furan rings is 1. The minimum Gasteiger partial charge on any atom is -0.451 e. The van der Waals surface area contributed by atoms with Gasteiger partial charge in [-0.3, -0.25) is 9.59 Å². The smallest absolute Gasteiger partial charge is 0.416 e. The normalized spacial score (nSPS) is 12.5. The molecule has 0 spiro atoms. The van der Waals surface area contributed by atoms with Crippen LogP contribution in [0.3, 0.4) is 0 Å². The second kappa shape index (κ2) is 7.42. The van der Waals surface area contributed by atoms with Crippen LogP contribution >= 0.6 is 0 Å². The van der Waals surface area contributed by atoms with Crippen molar-refractivity contribution in [2.24, 2.45) is 0 Å². The lowest BCUT2D eigenvalue weighted by molar-refractivity contribution is -0.137. The number of amides is 2. The molecule has 1 atom stereocenters. The molecule has 0 radical (unpaired) electrons. The molecular formula is C17H17F3N2O3. The number of likely N-dealkylation sites (N-methyl/N-ethyl adjacent to an activating group) is 1. The summed E-state index contributed by atoms with van der Waals surface area (Å²) in [7, 11) is 0. The number of carbonyl (C=O) groups excluding carboxylic acids is 2. The van der Waals surface area contributed by atoms with E-state index in [0.29, 0.717) is 6.54 Å². The van der Waals surface area contributed by atoms with Crippen molar-refractivity contribution in [1.29, 1.82) is 0 Å². The molecule has 5 nitrogen and oxygen atoms in total. The number of benzene rings is 1. The SMILES string of the molecule is CCNC(=O)[C@H](C)NC(=O)c1ccc(-c2cccc(C(F)(F)F)c2)o1. The van der Waals surface area contributed by atoms with Gasteiger partial charge in [-0.15, -0.1) is 0 Å². The standard InChI is InChI=1S/C17H17F3N2O3/c1-3-21-15(23)10(2)22-16(24)14-8-7-13(25-14)11-5-4-6-12(9-11)17(18,19)20/h4-10H,3H2,1-2H3,(H,21,23)(H,22,24)/t10-/m0/s1. The summed E-state index contributed by atoms with van der Waals surface area (Å²) in [5.41, 5.74) is -0.608. The van der Waals surface area contributed by atoms with Gasteiger partial charge in [-0.05, 0) is 38.1 Å². The Kier molecular flexibility index (Phi) is 5.51. The molecule has 2 N–H and O–H groups in total. The highest BCUT2D eigenvalue weighted by atomic mass is 19.4. The van der Waals surface area contributed by atoms with Crippen LogP contribution in [0.4, 0.5) is 13.2 Å². The number of alkyl halides is 3. The Balaban J connectivity index is 2.15. The van der Waals surface area contributed by atoms with Gasteiger partial charge in [-0.25, -0.2) is 0 Å². The summed E-state index contributed by atoms with van der Waals surface area (Å²) in [5.74, 6) is -0.942. The molecule has 0 saturated heterocycles. The van der Waals surface area contributed by atoms with Gasteiger partial charge in [0.2, 0.25) is 5.91 Å². The van der Waals surface area contributed by atoms with Crippen LogP contribution in [0.2, 0.25) is 0 Å². The number of carbonyl (C=O) groups is 2. The number of rotatable bonds is 5. The number of hydrogen-bond donors (Lipinski definition) is 2. The highest BCUT2D eigenvalue weighted by Gasteiger charge is 2.30. The maximum atomic E-state index is 12.8. The van der Waals surface area contributed by atoms with Crippen LogP contribution in [0.15, 0.2) is 40.8 Å². The average Bonchev–Trinajstić information content (AvgIpc) is 3.04. The van der Waals surface area contributed by atoms with Gasteiger partial charge in [0.25, 0.3) is 5.91 Å². The Morgan fingerprint density at radius 2 is 1.92 bits per heavy atom.